The second-order valence-corrected chi connectivity index (χ2v) is 7.55. The molecule has 2 aromatic carbocycles. The van der Waals surface area contributed by atoms with Gasteiger partial charge in [0.1, 0.15) is 5.82 Å². The molecule has 0 amide bonds. The molecule has 2 aromatic heterocycles. The molecule has 6 nitrogen and oxygen atoms in total. The monoisotopic (exact) mass is 406 g/mol. The molecule has 0 aliphatic heterocycles. The molecule has 4 aromatic rings. The van der Waals surface area contributed by atoms with Crippen molar-refractivity contribution < 1.29 is 8.78 Å². The average molecular weight is 406 g/mol. The SMILES string of the molecule is Nc1c2c(-c3cccc(F)c3F)nc(NCC3CC3)nc2nn1Cc1ccccc1. The van der Waals surface area contributed by atoms with Crippen LogP contribution in [0.15, 0.2) is 48.5 Å². The van der Waals surface area contributed by atoms with Crippen molar-refractivity contribution in [2.24, 2.45) is 5.92 Å². The number of anilines is 2. The first-order valence-electron chi connectivity index (χ1n) is 9.86. The van der Waals surface area contributed by atoms with Gasteiger partial charge in [0.25, 0.3) is 0 Å². The van der Waals surface area contributed by atoms with Crippen molar-refractivity contribution in [3.63, 3.8) is 0 Å². The minimum Gasteiger partial charge on any atom is -0.383 e. The minimum absolute atomic E-state index is 0.0304. The van der Waals surface area contributed by atoms with Crippen molar-refractivity contribution >= 4 is 22.8 Å². The molecule has 3 N–H and O–H groups in total. The Morgan fingerprint density at radius 2 is 1.83 bits per heavy atom. The van der Waals surface area contributed by atoms with E-state index in [1.54, 1.807) is 4.68 Å². The van der Waals surface area contributed by atoms with E-state index in [4.69, 9.17) is 5.73 Å². The summed E-state index contributed by atoms with van der Waals surface area (Å²) in [5.74, 6) is -0.680. The first-order valence-corrected chi connectivity index (χ1v) is 9.86. The van der Waals surface area contributed by atoms with Crippen molar-refractivity contribution in [1.29, 1.82) is 0 Å². The van der Waals surface area contributed by atoms with Gasteiger partial charge in [0.2, 0.25) is 5.95 Å². The molecule has 0 saturated heterocycles. The van der Waals surface area contributed by atoms with Crippen LogP contribution in [-0.4, -0.2) is 26.3 Å². The summed E-state index contributed by atoms with van der Waals surface area (Å²) in [5, 5.41) is 8.14. The van der Waals surface area contributed by atoms with Crippen LogP contribution >= 0.6 is 0 Å². The zero-order valence-electron chi connectivity index (χ0n) is 16.1. The molecule has 1 saturated carbocycles. The molecular formula is C22H20F2N6. The predicted octanol–water partition coefficient (Wildman–Crippen LogP) is 4.22. The first-order chi connectivity index (χ1) is 14.6. The van der Waals surface area contributed by atoms with Gasteiger partial charge in [0, 0.05) is 12.1 Å². The molecule has 0 bridgehead atoms. The van der Waals surface area contributed by atoms with E-state index in [2.05, 4.69) is 20.4 Å². The van der Waals surface area contributed by atoms with Gasteiger partial charge in [-0.2, -0.15) is 4.98 Å². The summed E-state index contributed by atoms with van der Waals surface area (Å²) < 4.78 is 30.2. The predicted molar refractivity (Wildman–Crippen MR) is 112 cm³/mol. The second-order valence-electron chi connectivity index (χ2n) is 7.55. The normalized spacial score (nSPS) is 13.7. The second kappa shape index (κ2) is 7.37. The van der Waals surface area contributed by atoms with Crippen LogP contribution in [-0.2, 0) is 6.54 Å². The highest BCUT2D eigenvalue weighted by molar-refractivity contribution is 5.99. The Morgan fingerprint density at radius 3 is 2.60 bits per heavy atom. The van der Waals surface area contributed by atoms with Crippen molar-refractivity contribution in [3.05, 3.63) is 65.7 Å². The molecule has 0 radical (unpaired) electrons. The third kappa shape index (κ3) is 3.45. The average Bonchev–Trinajstić information content (AvgIpc) is 3.53. The van der Waals surface area contributed by atoms with Crippen LogP contribution in [0.5, 0.6) is 0 Å². The van der Waals surface area contributed by atoms with E-state index in [1.807, 2.05) is 30.3 Å². The van der Waals surface area contributed by atoms with Gasteiger partial charge in [-0.25, -0.2) is 18.4 Å². The number of hydrogen-bond acceptors (Lipinski definition) is 5. The third-order valence-electron chi connectivity index (χ3n) is 5.27. The lowest BCUT2D eigenvalue weighted by Gasteiger charge is -2.09. The summed E-state index contributed by atoms with van der Waals surface area (Å²) in [7, 11) is 0. The summed E-state index contributed by atoms with van der Waals surface area (Å²) in [6.07, 6.45) is 2.33. The lowest BCUT2D eigenvalue weighted by Crippen LogP contribution is -2.08. The molecular weight excluding hydrogens is 386 g/mol. The van der Waals surface area contributed by atoms with Crippen LogP contribution in [0.2, 0.25) is 0 Å². The molecule has 152 valence electrons. The Hall–Kier alpha value is -3.55. The molecule has 0 spiro atoms. The fourth-order valence-corrected chi connectivity index (χ4v) is 3.45. The van der Waals surface area contributed by atoms with E-state index in [-0.39, 0.29) is 11.3 Å². The van der Waals surface area contributed by atoms with Gasteiger partial charge in [-0.15, -0.1) is 5.10 Å². The molecule has 1 aliphatic rings. The van der Waals surface area contributed by atoms with Crippen LogP contribution < -0.4 is 11.1 Å². The molecule has 5 rings (SSSR count). The summed E-state index contributed by atoms with van der Waals surface area (Å²) in [6, 6.07) is 13.7. The summed E-state index contributed by atoms with van der Waals surface area (Å²) in [5.41, 5.74) is 7.99. The van der Waals surface area contributed by atoms with Crippen molar-refractivity contribution in [3.8, 4) is 11.3 Å². The van der Waals surface area contributed by atoms with E-state index in [9.17, 15) is 8.78 Å². The number of halogens is 2. The van der Waals surface area contributed by atoms with Gasteiger partial charge in [-0.3, -0.25) is 0 Å². The van der Waals surface area contributed by atoms with Crippen LogP contribution in [0, 0.1) is 17.6 Å². The highest BCUT2D eigenvalue weighted by Gasteiger charge is 2.24. The Balaban J connectivity index is 1.65. The molecule has 1 fully saturated rings. The van der Waals surface area contributed by atoms with E-state index in [1.165, 1.54) is 25.0 Å². The van der Waals surface area contributed by atoms with Gasteiger partial charge in [-0.05, 0) is 36.5 Å². The number of benzene rings is 2. The van der Waals surface area contributed by atoms with Crippen LogP contribution in [0.3, 0.4) is 0 Å². The Kier molecular flexibility index (Phi) is 4.54. The molecule has 30 heavy (non-hydrogen) atoms. The van der Waals surface area contributed by atoms with Crippen LogP contribution in [0.25, 0.3) is 22.3 Å². The minimum atomic E-state index is -0.971. The number of nitrogens with two attached hydrogens (primary N) is 1. The fraction of sp³-hybridized carbons (Fsp3) is 0.227. The van der Waals surface area contributed by atoms with Gasteiger partial charge < -0.3 is 11.1 Å². The van der Waals surface area contributed by atoms with Crippen molar-refractivity contribution in [1.82, 2.24) is 19.7 Å². The molecule has 1 aliphatic carbocycles. The molecule has 8 heteroatoms. The van der Waals surface area contributed by atoms with E-state index in [0.29, 0.717) is 35.3 Å². The summed E-state index contributed by atoms with van der Waals surface area (Å²) in [6.45, 7) is 1.16. The largest absolute Gasteiger partial charge is 0.383 e. The highest BCUT2D eigenvalue weighted by Crippen LogP contribution is 2.34. The molecule has 2 heterocycles. The number of aromatic nitrogens is 4. The van der Waals surface area contributed by atoms with Gasteiger partial charge >= 0.3 is 0 Å². The zero-order chi connectivity index (χ0) is 20.7. The van der Waals surface area contributed by atoms with Gasteiger partial charge in [-0.1, -0.05) is 36.4 Å². The standard InChI is InChI=1S/C22H20F2N6/c23-16-8-4-7-15(18(16)24)19-17-20(25)30(12-14-5-2-1-3-6-14)29-21(17)28-22(27-19)26-11-13-9-10-13/h1-8,13H,9-12,25H2,(H,26,28,29). The van der Waals surface area contributed by atoms with Gasteiger partial charge in [0.15, 0.2) is 17.3 Å². The summed E-state index contributed by atoms with van der Waals surface area (Å²) >= 11 is 0. The number of nitrogen functional groups attached to an aromatic ring is 1. The number of hydrogen-bond donors (Lipinski definition) is 2. The van der Waals surface area contributed by atoms with E-state index < -0.39 is 11.6 Å². The van der Waals surface area contributed by atoms with Gasteiger partial charge in [0.05, 0.1) is 17.6 Å². The maximum absolute atomic E-state index is 14.6. The topological polar surface area (TPSA) is 81.7 Å². The molecule has 0 unspecified atom stereocenters. The van der Waals surface area contributed by atoms with Crippen LogP contribution in [0.4, 0.5) is 20.5 Å². The summed E-state index contributed by atoms with van der Waals surface area (Å²) in [4.78, 5) is 8.98. The Bertz CT molecular complexity index is 1220. The number of fused-ring (bicyclic) bond motifs is 1. The lowest BCUT2D eigenvalue weighted by atomic mass is 10.1. The van der Waals surface area contributed by atoms with Crippen molar-refractivity contribution in [2.75, 3.05) is 17.6 Å². The maximum atomic E-state index is 14.6. The first kappa shape index (κ1) is 18.5. The smallest absolute Gasteiger partial charge is 0.225 e. The Morgan fingerprint density at radius 1 is 1.03 bits per heavy atom. The highest BCUT2D eigenvalue weighted by atomic mass is 19.2. The fourth-order valence-electron chi connectivity index (χ4n) is 3.45. The lowest BCUT2D eigenvalue weighted by molar-refractivity contribution is 0.511. The van der Waals surface area contributed by atoms with E-state index >= 15 is 0 Å². The number of nitrogens with zero attached hydrogens (tertiary/aromatic N) is 4. The zero-order valence-corrected chi connectivity index (χ0v) is 16.1. The third-order valence-corrected chi connectivity index (χ3v) is 5.27. The quantitative estimate of drug-likeness (QED) is 0.501. The Labute approximate surface area is 171 Å². The van der Waals surface area contributed by atoms with E-state index in [0.717, 1.165) is 18.2 Å². The number of rotatable bonds is 6. The van der Waals surface area contributed by atoms with Crippen LogP contribution in [0.1, 0.15) is 18.4 Å². The number of nitrogens with one attached hydrogen (secondary N) is 1. The molecule has 0 atom stereocenters. The maximum Gasteiger partial charge on any atom is 0.225 e. The van der Waals surface area contributed by atoms with Crippen molar-refractivity contribution in [2.45, 2.75) is 19.4 Å².